The van der Waals surface area contributed by atoms with Gasteiger partial charge in [-0.1, -0.05) is 29.3 Å². The highest BCUT2D eigenvalue weighted by Crippen LogP contribution is 2.20. The van der Waals surface area contributed by atoms with Crippen LogP contribution in [0.4, 0.5) is 0 Å². The van der Waals surface area contributed by atoms with Crippen molar-refractivity contribution >= 4 is 23.2 Å². The molecule has 4 heteroatoms. The normalized spacial score (nSPS) is 10.8. The summed E-state index contributed by atoms with van der Waals surface area (Å²) in [5.74, 6) is 0. The van der Waals surface area contributed by atoms with Crippen molar-refractivity contribution in [2.24, 2.45) is 0 Å². The van der Waals surface area contributed by atoms with Gasteiger partial charge < -0.3 is 10.1 Å². The minimum atomic E-state index is 0.684. The molecule has 96 valence electrons. The molecule has 0 aromatic heterocycles. The summed E-state index contributed by atoms with van der Waals surface area (Å²) in [6.45, 7) is 5.53. The van der Waals surface area contributed by atoms with Crippen LogP contribution in [0.5, 0.6) is 0 Å². The zero-order chi connectivity index (χ0) is 12.5. The van der Waals surface area contributed by atoms with Gasteiger partial charge in [-0.2, -0.15) is 0 Å². The lowest BCUT2D eigenvalue weighted by atomic mass is 10.1. The lowest BCUT2D eigenvalue weighted by Crippen LogP contribution is -2.19. The molecule has 0 bridgehead atoms. The van der Waals surface area contributed by atoms with Crippen molar-refractivity contribution in [3.8, 4) is 0 Å². The van der Waals surface area contributed by atoms with Gasteiger partial charge >= 0.3 is 0 Å². The first-order valence-corrected chi connectivity index (χ1v) is 6.72. The van der Waals surface area contributed by atoms with Gasteiger partial charge in [0.15, 0.2) is 0 Å². The number of nitrogens with one attached hydrogen (secondary N) is 1. The summed E-state index contributed by atoms with van der Waals surface area (Å²) in [4.78, 5) is 0. The van der Waals surface area contributed by atoms with E-state index in [9.17, 15) is 0 Å². The van der Waals surface area contributed by atoms with E-state index in [0.717, 1.165) is 49.7 Å². The monoisotopic (exact) mass is 275 g/mol. The van der Waals surface area contributed by atoms with Gasteiger partial charge in [-0.15, -0.1) is 0 Å². The number of halogens is 2. The van der Waals surface area contributed by atoms with Crippen LogP contribution in [-0.4, -0.2) is 26.3 Å². The highest BCUT2D eigenvalue weighted by Gasteiger charge is 2.00. The Kier molecular flexibility index (Phi) is 7.62. The molecule has 0 radical (unpaired) electrons. The molecule has 1 aromatic carbocycles. The first-order chi connectivity index (χ1) is 8.24. The second-order valence-corrected chi connectivity index (χ2v) is 4.63. The van der Waals surface area contributed by atoms with Gasteiger partial charge in [0.2, 0.25) is 0 Å². The second kappa shape index (κ2) is 8.76. The van der Waals surface area contributed by atoms with E-state index >= 15 is 0 Å². The van der Waals surface area contributed by atoms with E-state index in [1.807, 2.05) is 19.1 Å². The van der Waals surface area contributed by atoms with Crippen molar-refractivity contribution in [2.75, 3.05) is 26.3 Å². The molecule has 0 spiro atoms. The third-order valence-electron chi connectivity index (χ3n) is 2.43. The third-order valence-corrected chi connectivity index (χ3v) is 3.02. The molecule has 0 aliphatic rings. The summed E-state index contributed by atoms with van der Waals surface area (Å²) >= 11 is 11.9. The highest BCUT2D eigenvalue weighted by atomic mass is 35.5. The van der Waals surface area contributed by atoms with Gasteiger partial charge in [0.25, 0.3) is 0 Å². The van der Waals surface area contributed by atoms with Crippen LogP contribution < -0.4 is 5.32 Å². The molecule has 17 heavy (non-hydrogen) atoms. The SMILES string of the molecule is CCOCCCNCCc1ccc(Cl)cc1Cl. The smallest absolute Gasteiger partial charge is 0.0477 e. The molecule has 1 N–H and O–H groups in total. The summed E-state index contributed by atoms with van der Waals surface area (Å²) in [6, 6.07) is 5.64. The lowest BCUT2D eigenvalue weighted by Gasteiger charge is -2.07. The Morgan fingerprint density at radius 3 is 2.76 bits per heavy atom. The largest absolute Gasteiger partial charge is 0.382 e. The van der Waals surface area contributed by atoms with E-state index in [2.05, 4.69) is 5.32 Å². The Hall–Kier alpha value is -0.280. The lowest BCUT2D eigenvalue weighted by molar-refractivity contribution is 0.145. The quantitative estimate of drug-likeness (QED) is 0.733. The van der Waals surface area contributed by atoms with Crippen molar-refractivity contribution in [1.29, 1.82) is 0 Å². The summed E-state index contributed by atoms with van der Waals surface area (Å²) in [6.07, 6.45) is 1.97. The molecule has 0 aliphatic heterocycles. The Morgan fingerprint density at radius 2 is 2.06 bits per heavy atom. The minimum Gasteiger partial charge on any atom is -0.382 e. The van der Waals surface area contributed by atoms with Crippen LogP contribution in [0.3, 0.4) is 0 Å². The van der Waals surface area contributed by atoms with E-state index in [0.29, 0.717) is 5.02 Å². The van der Waals surface area contributed by atoms with Gasteiger partial charge in [0, 0.05) is 23.3 Å². The van der Waals surface area contributed by atoms with Gasteiger partial charge in [-0.05, 0) is 50.6 Å². The van der Waals surface area contributed by atoms with Crippen molar-refractivity contribution < 1.29 is 4.74 Å². The van der Waals surface area contributed by atoms with Crippen LogP contribution in [0, 0.1) is 0 Å². The second-order valence-electron chi connectivity index (χ2n) is 3.79. The van der Waals surface area contributed by atoms with Crippen LogP contribution in [0.15, 0.2) is 18.2 Å². The maximum absolute atomic E-state index is 6.08. The van der Waals surface area contributed by atoms with Gasteiger partial charge in [0.05, 0.1) is 0 Å². The molecule has 0 atom stereocenters. The zero-order valence-electron chi connectivity index (χ0n) is 10.1. The summed E-state index contributed by atoms with van der Waals surface area (Å²) in [7, 11) is 0. The summed E-state index contributed by atoms with van der Waals surface area (Å²) < 4.78 is 5.25. The molecule has 0 saturated heterocycles. The standard InChI is InChI=1S/C13H19Cl2NO/c1-2-17-9-3-7-16-8-6-11-4-5-12(14)10-13(11)15/h4-5,10,16H,2-3,6-9H2,1H3. The molecule has 0 aliphatic carbocycles. The predicted octanol–water partition coefficient (Wildman–Crippen LogP) is 3.55. The van der Waals surface area contributed by atoms with Gasteiger partial charge in [-0.25, -0.2) is 0 Å². The number of rotatable bonds is 8. The van der Waals surface area contributed by atoms with Gasteiger partial charge in [-0.3, -0.25) is 0 Å². The van der Waals surface area contributed by atoms with Crippen LogP contribution >= 0.6 is 23.2 Å². The molecule has 0 fully saturated rings. The Morgan fingerprint density at radius 1 is 1.24 bits per heavy atom. The average Bonchev–Trinajstić information content (AvgIpc) is 2.30. The molecule has 0 saturated carbocycles. The number of ether oxygens (including phenoxy) is 1. The van der Waals surface area contributed by atoms with E-state index < -0.39 is 0 Å². The molecular weight excluding hydrogens is 257 g/mol. The van der Waals surface area contributed by atoms with E-state index in [1.54, 1.807) is 6.07 Å². The maximum atomic E-state index is 6.08. The number of benzene rings is 1. The molecule has 1 rings (SSSR count). The fraction of sp³-hybridized carbons (Fsp3) is 0.538. The fourth-order valence-corrected chi connectivity index (χ4v) is 2.02. The number of hydrogen-bond donors (Lipinski definition) is 1. The highest BCUT2D eigenvalue weighted by molar-refractivity contribution is 6.35. The fourth-order valence-electron chi connectivity index (χ4n) is 1.52. The number of hydrogen-bond acceptors (Lipinski definition) is 2. The Bertz CT molecular complexity index is 331. The molecule has 0 unspecified atom stereocenters. The van der Waals surface area contributed by atoms with Crippen LogP contribution in [0.25, 0.3) is 0 Å². The maximum Gasteiger partial charge on any atom is 0.0477 e. The van der Waals surface area contributed by atoms with Gasteiger partial charge in [0.1, 0.15) is 0 Å². The predicted molar refractivity (Wildman–Crippen MR) is 74.1 cm³/mol. The first kappa shape index (κ1) is 14.8. The zero-order valence-corrected chi connectivity index (χ0v) is 11.7. The van der Waals surface area contributed by atoms with Crippen molar-refractivity contribution in [3.05, 3.63) is 33.8 Å². The topological polar surface area (TPSA) is 21.3 Å². The van der Waals surface area contributed by atoms with Crippen molar-refractivity contribution in [1.82, 2.24) is 5.32 Å². The molecular formula is C13H19Cl2NO. The summed E-state index contributed by atoms with van der Waals surface area (Å²) in [5.41, 5.74) is 1.13. The van der Waals surface area contributed by atoms with Crippen LogP contribution in [0.2, 0.25) is 10.0 Å². The average molecular weight is 276 g/mol. The third kappa shape index (κ3) is 6.27. The Balaban J connectivity index is 2.14. The van der Waals surface area contributed by atoms with Crippen LogP contribution in [0.1, 0.15) is 18.9 Å². The molecule has 0 heterocycles. The molecule has 1 aromatic rings. The van der Waals surface area contributed by atoms with E-state index in [-0.39, 0.29) is 0 Å². The van der Waals surface area contributed by atoms with E-state index in [4.69, 9.17) is 27.9 Å². The summed E-state index contributed by atoms with van der Waals surface area (Å²) in [5, 5.41) is 4.79. The first-order valence-electron chi connectivity index (χ1n) is 5.96. The van der Waals surface area contributed by atoms with Crippen molar-refractivity contribution in [2.45, 2.75) is 19.8 Å². The molecule has 2 nitrogen and oxygen atoms in total. The minimum absolute atomic E-state index is 0.684. The van der Waals surface area contributed by atoms with Crippen LogP contribution in [-0.2, 0) is 11.2 Å². The van der Waals surface area contributed by atoms with E-state index in [1.165, 1.54) is 0 Å². The molecule has 0 amide bonds. The van der Waals surface area contributed by atoms with Crippen molar-refractivity contribution in [3.63, 3.8) is 0 Å². The Labute approximate surface area is 113 Å².